The van der Waals surface area contributed by atoms with Gasteiger partial charge in [0.15, 0.2) is 0 Å². The molecule has 2 saturated heterocycles. The lowest BCUT2D eigenvalue weighted by Crippen LogP contribution is -2.43. The number of piperidine rings is 1. The highest BCUT2D eigenvalue weighted by Crippen LogP contribution is 2.15. The second-order valence-electron chi connectivity index (χ2n) is 5.36. The van der Waals surface area contributed by atoms with E-state index < -0.39 is 0 Å². The Morgan fingerprint density at radius 2 is 2.29 bits per heavy atom. The Bertz CT molecular complexity index is 251. The van der Waals surface area contributed by atoms with Crippen molar-refractivity contribution in [2.75, 3.05) is 32.7 Å². The average Bonchev–Trinajstić information content (AvgIpc) is 2.85. The molecule has 0 aromatic carbocycles. The van der Waals surface area contributed by atoms with Gasteiger partial charge < -0.3 is 10.6 Å². The number of carbonyl (C=O) groups excluding carboxylic acids is 1. The summed E-state index contributed by atoms with van der Waals surface area (Å²) in [6, 6.07) is 0.689. The molecular weight excluding hydrogens is 214 g/mol. The van der Waals surface area contributed by atoms with Gasteiger partial charge in [0.2, 0.25) is 5.91 Å². The number of nitrogens with one attached hydrogen (secondary N) is 2. The van der Waals surface area contributed by atoms with Crippen LogP contribution in [0.25, 0.3) is 0 Å². The van der Waals surface area contributed by atoms with Gasteiger partial charge in [-0.05, 0) is 39.3 Å². The van der Waals surface area contributed by atoms with Gasteiger partial charge >= 0.3 is 0 Å². The van der Waals surface area contributed by atoms with Crippen LogP contribution in [-0.2, 0) is 4.79 Å². The minimum absolute atomic E-state index is 0.203. The lowest BCUT2D eigenvalue weighted by Gasteiger charge is -2.33. The fraction of sp³-hybridized carbons (Fsp3) is 0.923. The summed E-state index contributed by atoms with van der Waals surface area (Å²) < 4.78 is 0. The number of likely N-dealkylation sites (tertiary alicyclic amines) is 1. The number of hydrogen-bond donors (Lipinski definition) is 2. The summed E-state index contributed by atoms with van der Waals surface area (Å²) in [6.45, 7) is 7.14. The molecular formula is C13H25N3O. The molecule has 0 spiro atoms. The molecule has 0 aliphatic carbocycles. The minimum atomic E-state index is 0.203. The maximum Gasteiger partial charge on any atom is 0.224 e. The van der Waals surface area contributed by atoms with E-state index in [-0.39, 0.29) is 11.8 Å². The van der Waals surface area contributed by atoms with Crippen LogP contribution in [0, 0.1) is 5.92 Å². The van der Waals surface area contributed by atoms with Gasteiger partial charge in [0.05, 0.1) is 5.92 Å². The van der Waals surface area contributed by atoms with Crippen molar-refractivity contribution >= 4 is 5.91 Å². The van der Waals surface area contributed by atoms with Crippen LogP contribution in [0.2, 0.25) is 0 Å². The van der Waals surface area contributed by atoms with Crippen LogP contribution < -0.4 is 10.6 Å². The van der Waals surface area contributed by atoms with Gasteiger partial charge in [0.1, 0.15) is 0 Å². The van der Waals surface area contributed by atoms with Crippen LogP contribution in [0.4, 0.5) is 0 Å². The highest BCUT2D eigenvalue weighted by atomic mass is 16.1. The van der Waals surface area contributed by atoms with Crippen molar-refractivity contribution in [3.63, 3.8) is 0 Å². The van der Waals surface area contributed by atoms with Gasteiger partial charge in [-0.2, -0.15) is 0 Å². The molecule has 2 N–H and O–H groups in total. The third-order valence-electron chi connectivity index (χ3n) is 4.07. The molecule has 2 unspecified atom stereocenters. The highest BCUT2D eigenvalue weighted by molar-refractivity contribution is 5.79. The van der Waals surface area contributed by atoms with E-state index >= 15 is 0 Å². The Morgan fingerprint density at radius 1 is 1.41 bits per heavy atom. The fourth-order valence-electron chi connectivity index (χ4n) is 2.84. The van der Waals surface area contributed by atoms with E-state index in [9.17, 15) is 4.79 Å². The smallest absolute Gasteiger partial charge is 0.224 e. The Balaban J connectivity index is 1.63. The zero-order valence-electron chi connectivity index (χ0n) is 10.9. The molecule has 2 aliphatic rings. The Labute approximate surface area is 104 Å². The third-order valence-corrected chi connectivity index (χ3v) is 4.07. The molecule has 1 amide bonds. The molecule has 2 fully saturated rings. The van der Waals surface area contributed by atoms with Gasteiger partial charge in [0.25, 0.3) is 0 Å². The number of hydrogen-bond acceptors (Lipinski definition) is 3. The first-order valence-corrected chi connectivity index (χ1v) is 7.00. The number of nitrogens with zero attached hydrogens (tertiary/aromatic N) is 1. The van der Waals surface area contributed by atoms with E-state index in [1.165, 1.54) is 25.8 Å². The zero-order chi connectivity index (χ0) is 12.1. The van der Waals surface area contributed by atoms with Crippen LogP contribution in [0.1, 0.15) is 32.6 Å². The fourth-order valence-corrected chi connectivity index (χ4v) is 2.84. The summed E-state index contributed by atoms with van der Waals surface area (Å²) in [7, 11) is 0. The quantitative estimate of drug-likeness (QED) is 0.754. The summed E-state index contributed by atoms with van der Waals surface area (Å²) in [5, 5.41) is 6.30. The van der Waals surface area contributed by atoms with Crippen molar-refractivity contribution in [1.82, 2.24) is 15.5 Å². The van der Waals surface area contributed by atoms with Gasteiger partial charge in [-0.3, -0.25) is 9.69 Å². The SMILES string of the molecule is CC1CCCCN1CCNC(=O)C1CCNC1. The molecule has 0 aromatic heterocycles. The molecule has 2 atom stereocenters. The monoisotopic (exact) mass is 239 g/mol. The van der Waals surface area contributed by atoms with Crippen molar-refractivity contribution in [1.29, 1.82) is 0 Å². The standard InChI is InChI=1S/C13H25N3O/c1-11-4-2-3-8-16(11)9-7-15-13(17)12-5-6-14-10-12/h11-12,14H,2-10H2,1H3,(H,15,17). The van der Waals surface area contributed by atoms with E-state index in [0.29, 0.717) is 6.04 Å². The molecule has 0 bridgehead atoms. The Hall–Kier alpha value is -0.610. The minimum Gasteiger partial charge on any atom is -0.355 e. The molecule has 4 heteroatoms. The second-order valence-corrected chi connectivity index (χ2v) is 5.36. The van der Waals surface area contributed by atoms with E-state index in [2.05, 4.69) is 22.5 Å². The van der Waals surface area contributed by atoms with E-state index in [4.69, 9.17) is 0 Å². The molecule has 4 nitrogen and oxygen atoms in total. The van der Waals surface area contributed by atoms with Crippen molar-refractivity contribution in [3.05, 3.63) is 0 Å². The first kappa shape index (κ1) is 12.8. The van der Waals surface area contributed by atoms with Crippen LogP contribution >= 0.6 is 0 Å². The van der Waals surface area contributed by atoms with Gasteiger partial charge in [-0.1, -0.05) is 6.42 Å². The summed E-state index contributed by atoms with van der Waals surface area (Å²) in [5.41, 5.74) is 0. The summed E-state index contributed by atoms with van der Waals surface area (Å²) in [5.74, 6) is 0.438. The van der Waals surface area contributed by atoms with E-state index in [1.807, 2.05) is 0 Å². The number of amides is 1. The molecule has 0 saturated carbocycles. The first-order valence-electron chi connectivity index (χ1n) is 7.00. The summed E-state index contributed by atoms with van der Waals surface area (Å²) >= 11 is 0. The van der Waals surface area contributed by atoms with E-state index in [0.717, 1.165) is 32.6 Å². The van der Waals surface area contributed by atoms with E-state index in [1.54, 1.807) is 0 Å². The van der Waals surface area contributed by atoms with Gasteiger partial charge in [0, 0.05) is 25.7 Å². The van der Waals surface area contributed by atoms with Crippen molar-refractivity contribution in [3.8, 4) is 0 Å². The lowest BCUT2D eigenvalue weighted by atomic mass is 10.0. The van der Waals surface area contributed by atoms with Crippen molar-refractivity contribution < 1.29 is 4.79 Å². The topological polar surface area (TPSA) is 44.4 Å². The number of carbonyl (C=O) groups is 1. The Kier molecular flexibility index (Phi) is 4.80. The zero-order valence-corrected chi connectivity index (χ0v) is 10.9. The third kappa shape index (κ3) is 3.68. The maximum atomic E-state index is 11.8. The lowest BCUT2D eigenvalue weighted by molar-refractivity contribution is -0.124. The second kappa shape index (κ2) is 6.36. The van der Waals surface area contributed by atoms with Gasteiger partial charge in [-0.25, -0.2) is 0 Å². The predicted molar refractivity (Wildman–Crippen MR) is 68.9 cm³/mol. The van der Waals surface area contributed by atoms with Crippen molar-refractivity contribution in [2.45, 2.75) is 38.6 Å². The predicted octanol–water partition coefficient (Wildman–Crippen LogP) is 0.587. The molecule has 2 aliphatic heterocycles. The summed E-state index contributed by atoms with van der Waals surface area (Å²) in [4.78, 5) is 14.3. The molecule has 17 heavy (non-hydrogen) atoms. The van der Waals surface area contributed by atoms with Crippen LogP contribution in [0.5, 0.6) is 0 Å². The largest absolute Gasteiger partial charge is 0.355 e. The van der Waals surface area contributed by atoms with Gasteiger partial charge in [-0.15, -0.1) is 0 Å². The highest BCUT2D eigenvalue weighted by Gasteiger charge is 2.22. The molecule has 0 radical (unpaired) electrons. The van der Waals surface area contributed by atoms with Crippen LogP contribution in [0.15, 0.2) is 0 Å². The summed E-state index contributed by atoms with van der Waals surface area (Å²) in [6.07, 6.45) is 4.97. The van der Waals surface area contributed by atoms with Crippen LogP contribution in [-0.4, -0.2) is 49.6 Å². The average molecular weight is 239 g/mol. The first-order chi connectivity index (χ1) is 8.27. The van der Waals surface area contributed by atoms with Crippen LogP contribution in [0.3, 0.4) is 0 Å². The maximum absolute atomic E-state index is 11.8. The number of rotatable bonds is 4. The normalized spacial score (nSPS) is 30.4. The molecule has 98 valence electrons. The molecule has 2 rings (SSSR count). The molecule has 0 aromatic rings. The Morgan fingerprint density at radius 3 is 3.00 bits per heavy atom. The van der Waals surface area contributed by atoms with Crippen molar-refractivity contribution in [2.24, 2.45) is 5.92 Å². The molecule has 2 heterocycles.